The van der Waals surface area contributed by atoms with Crippen molar-refractivity contribution in [3.05, 3.63) is 53.1 Å². The molecule has 3 aromatic rings. The van der Waals surface area contributed by atoms with Gasteiger partial charge in [0.25, 0.3) is 0 Å². The van der Waals surface area contributed by atoms with Gasteiger partial charge in [-0.2, -0.15) is 5.10 Å². The lowest BCUT2D eigenvalue weighted by atomic mass is 10.3. The number of amides is 1. The zero-order chi connectivity index (χ0) is 15.5. The molecule has 2 heterocycles. The van der Waals surface area contributed by atoms with Crippen LogP contribution in [0.4, 0.5) is 5.82 Å². The number of aryl methyl sites for hydroxylation is 1. The smallest absolute Gasteiger partial charge is 0.308 e. The maximum Gasteiger partial charge on any atom is 0.329 e. The highest BCUT2D eigenvalue weighted by Gasteiger charge is 2.14. The zero-order valence-corrected chi connectivity index (χ0v) is 12.1. The van der Waals surface area contributed by atoms with Gasteiger partial charge in [-0.1, -0.05) is 12.1 Å². The van der Waals surface area contributed by atoms with E-state index >= 15 is 0 Å². The van der Waals surface area contributed by atoms with Crippen LogP contribution in [0.2, 0.25) is 0 Å². The van der Waals surface area contributed by atoms with Gasteiger partial charge in [-0.3, -0.25) is 13.9 Å². The minimum absolute atomic E-state index is 0.0665. The Labute approximate surface area is 126 Å². The van der Waals surface area contributed by atoms with E-state index in [0.29, 0.717) is 12.4 Å². The van der Waals surface area contributed by atoms with E-state index in [1.807, 2.05) is 31.2 Å². The van der Waals surface area contributed by atoms with Gasteiger partial charge in [0.05, 0.1) is 11.0 Å². The molecule has 1 N–H and O–H groups in total. The highest BCUT2D eigenvalue weighted by Crippen LogP contribution is 2.12. The van der Waals surface area contributed by atoms with Gasteiger partial charge in [0.2, 0.25) is 5.91 Å². The lowest BCUT2D eigenvalue weighted by Crippen LogP contribution is -2.29. The van der Waals surface area contributed by atoms with Gasteiger partial charge in [-0.05, 0) is 31.2 Å². The molecule has 2 aromatic heterocycles. The summed E-state index contributed by atoms with van der Waals surface area (Å²) in [6.07, 6.45) is 1.52. The molecule has 1 amide bonds. The fourth-order valence-corrected chi connectivity index (χ4v) is 2.43. The van der Waals surface area contributed by atoms with E-state index in [1.54, 1.807) is 16.7 Å². The number of hydrogen-bond donors (Lipinski definition) is 1. The molecule has 7 nitrogen and oxygen atoms in total. The summed E-state index contributed by atoms with van der Waals surface area (Å²) in [5, 5.41) is 10.1. The van der Waals surface area contributed by atoms with Gasteiger partial charge in [-0.15, -0.1) is 5.10 Å². The average molecular weight is 297 g/mol. The van der Waals surface area contributed by atoms with Crippen molar-refractivity contribution in [2.75, 3.05) is 5.32 Å². The number of benzene rings is 1. The first-order chi connectivity index (χ1) is 10.7. The molecule has 0 aliphatic rings. The number of nitrogens with one attached hydrogen (secondary N) is 1. The summed E-state index contributed by atoms with van der Waals surface area (Å²) >= 11 is 0. The SMILES string of the molecule is CCn1c(=O)n(CC(=O)Nc2cccnn2)c2ccccc21. The first-order valence-corrected chi connectivity index (χ1v) is 6.96. The number of fused-ring (bicyclic) bond motifs is 1. The minimum Gasteiger partial charge on any atom is -0.308 e. The third-order valence-corrected chi connectivity index (χ3v) is 3.38. The molecule has 0 bridgehead atoms. The zero-order valence-electron chi connectivity index (χ0n) is 12.1. The molecule has 0 saturated carbocycles. The van der Waals surface area contributed by atoms with Crippen LogP contribution in [-0.4, -0.2) is 25.2 Å². The Morgan fingerprint density at radius 3 is 2.50 bits per heavy atom. The topological polar surface area (TPSA) is 81.8 Å². The lowest BCUT2D eigenvalue weighted by molar-refractivity contribution is -0.116. The number of aromatic nitrogens is 4. The molecule has 0 atom stereocenters. The Morgan fingerprint density at radius 2 is 1.86 bits per heavy atom. The first kappa shape index (κ1) is 14.0. The molecule has 0 aliphatic carbocycles. The van der Waals surface area contributed by atoms with Crippen molar-refractivity contribution in [1.29, 1.82) is 0 Å². The second-order valence-corrected chi connectivity index (χ2v) is 4.76. The Bertz CT molecular complexity index is 867. The van der Waals surface area contributed by atoms with E-state index in [-0.39, 0.29) is 18.1 Å². The van der Waals surface area contributed by atoms with Gasteiger partial charge in [0.15, 0.2) is 5.82 Å². The number of nitrogens with zero attached hydrogens (tertiary/aromatic N) is 4. The van der Waals surface area contributed by atoms with Crippen molar-refractivity contribution in [3.8, 4) is 0 Å². The van der Waals surface area contributed by atoms with E-state index in [4.69, 9.17) is 0 Å². The Kier molecular flexibility index (Phi) is 3.69. The quantitative estimate of drug-likeness (QED) is 0.786. The molecular formula is C15H15N5O2. The highest BCUT2D eigenvalue weighted by molar-refractivity contribution is 5.90. The standard InChI is InChI=1S/C15H15N5O2/c1-2-19-11-6-3-4-7-12(11)20(15(19)22)10-14(21)17-13-8-5-9-16-18-13/h3-9H,2,10H2,1H3,(H,17,18,21). The lowest BCUT2D eigenvalue weighted by Gasteiger charge is -2.04. The molecule has 22 heavy (non-hydrogen) atoms. The van der Waals surface area contributed by atoms with Crippen molar-refractivity contribution >= 4 is 22.8 Å². The monoisotopic (exact) mass is 297 g/mol. The van der Waals surface area contributed by atoms with Crippen molar-refractivity contribution in [3.63, 3.8) is 0 Å². The number of anilines is 1. The summed E-state index contributed by atoms with van der Waals surface area (Å²) in [6, 6.07) is 10.7. The third kappa shape index (κ3) is 2.48. The van der Waals surface area contributed by atoms with Crippen molar-refractivity contribution in [2.24, 2.45) is 0 Å². The Hall–Kier alpha value is -2.96. The van der Waals surface area contributed by atoms with Gasteiger partial charge in [0, 0.05) is 12.7 Å². The molecule has 0 radical (unpaired) electrons. The molecule has 112 valence electrons. The number of imidazole rings is 1. The largest absolute Gasteiger partial charge is 0.329 e. The first-order valence-electron chi connectivity index (χ1n) is 6.96. The maximum atomic E-state index is 12.4. The molecule has 0 fully saturated rings. The number of rotatable bonds is 4. The van der Waals surface area contributed by atoms with Crippen molar-refractivity contribution in [1.82, 2.24) is 19.3 Å². The fourth-order valence-electron chi connectivity index (χ4n) is 2.43. The second kappa shape index (κ2) is 5.80. The number of para-hydroxylation sites is 2. The number of hydrogen-bond acceptors (Lipinski definition) is 4. The van der Waals surface area contributed by atoms with Crippen LogP contribution in [0.5, 0.6) is 0 Å². The van der Waals surface area contributed by atoms with Crippen LogP contribution in [-0.2, 0) is 17.9 Å². The molecule has 3 rings (SSSR count). The number of carbonyl (C=O) groups excluding carboxylic acids is 1. The summed E-state index contributed by atoms with van der Waals surface area (Å²) < 4.78 is 3.11. The van der Waals surface area contributed by atoms with E-state index in [9.17, 15) is 9.59 Å². The molecule has 0 spiro atoms. The minimum atomic E-state index is -0.318. The molecule has 0 unspecified atom stereocenters. The van der Waals surface area contributed by atoms with Crippen LogP contribution in [0.15, 0.2) is 47.4 Å². The summed E-state index contributed by atoms with van der Waals surface area (Å²) in [4.78, 5) is 24.6. The van der Waals surface area contributed by atoms with E-state index in [2.05, 4.69) is 15.5 Å². The summed E-state index contributed by atoms with van der Waals surface area (Å²) in [7, 11) is 0. The molecular weight excluding hydrogens is 282 g/mol. The van der Waals surface area contributed by atoms with Crippen LogP contribution >= 0.6 is 0 Å². The van der Waals surface area contributed by atoms with Crippen LogP contribution in [0.3, 0.4) is 0 Å². The molecule has 7 heteroatoms. The van der Waals surface area contributed by atoms with Crippen LogP contribution in [0.1, 0.15) is 6.92 Å². The highest BCUT2D eigenvalue weighted by atomic mass is 16.2. The normalized spacial score (nSPS) is 10.8. The summed E-state index contributed by atoms with van der Waals surface area (Å²) in [5.74, 6) is 0.0429. The van der Waals surface area contributed by atoms with Crippen LogP contribution in [0, 0.1) is 0 Å². The summed E-state index contributed by atoms with van der Waals surface area (Å²) in [6.45, 7) is 2.39. The van der Waals surface area contributed by atoms with E-state index < -0.39 is 0 Å². The fraction of sp³-hybridized carbons (Fsp3) is 0.200. The van der Waals surface area contributed by atoms with Crippen molar-refractivity contribution < 1.29 is 4.79 Å². The summed E-state index contributed by atoms with van der Waals surface area (Å²) in [5.41, 5.74) is 1.36. The third-order valence-electron chi connectivity index (χ3n) is 3.38. The van der Waals surface area contributed by atoms with E-state index in [1.165, 1.54) is 10.8 Å². The predicted octanol–water partition coefficient (Wildman–Crippen LogP) is 1.25. The van der Waals surface area contributed by atoms with Gasteiger partial charge < -0.3 is 5.32 Å². The second-order valence-electron chi connectivity index (χ2n) is 4.76. The predicted molar refractivity (Wildman–Crippen MR) is 82.5 cm³/mol. The Morgan fingerprint density at radius 1 is 1.14 bits per heavy atom. The van der Waals surface area contributed by atoms with Gasteiger partial charge in [-0.25, -0.2) is 4.79 Å². The number of carbonyl (C=O) groups is 1. The maximum absolute atomic E-state index is 12.4. The van der Waals surface area contributed by atoms with Crippen LogP contribution < -0.4 is 11.0 Å². The average Bonchev–Trinajstić information content (AvgIpc) is 2.80. The van der Waals surface area contributed by atoms with Crippen LogP contribution in [0.25, 0.3) is 11.0 Å². The van der Waals surface area contributed by atoms with Gasteiger partial charge >= 0.3 is 5.69 Å². The van der Waals surface area contributed by atoms with Gasteiger partial charge in [0.1, 0.15) is 6.54 Å². The Balaban J connectivity index is 1.92. The van der Waals surface area contributed by atoms with Crippen molar-refractivity contribution in [2.45, 2.75) is 20.0 Å². The molecule has 0 saturated heterocycles. The molecule has 1 aromatic carbocycles. The van der Waals surface area contributed by atoms with E-state index in [0.717, 1.165) is 11.0 Å². The molecule has 0 aliphatic heterocycles.